The van der Waals surface area contributed by atoms with Crippen molar-refractivity contribution in [3.63, 3.8) is 0 Å². The van der Waals surface area contributed by atoms with Crippen molar-refractivity contribution in [2.75, 3.05) is 0 Å². The zero-order valence-electron chi connectivity index (χ0n) is 17.2. The number of primary amides is 1. The van der Waals surface area contributed by atoms with Crippen molar-refractivity contribution < 1.29 is 22.7 Å². The van der Waals surface area contributed by atoms with Crippen LogP contribution < -0.4 is 10.5 Å². The first-order valence-electron chi connectivity index (χ1n) is 10.1. The van der Waals surface area contributed by atoms with E-state index in [1.807, 2.05) is 6.92 Å². The zero-order valence-corrected chi connectivity index (χ0v) is 17.2. The lowest BCUT2D eigenvalue weighted by Crippen LogP contribution is -2.17. The van der Waals surface area contributed by atoms with Crippen LogP contribution in [0.15, 0.2) is 24.3 Å². The average Bonchev–Trinajstić information content (AvgIpc) is 2.91. The molecule has 2 aromatic rings. The van der Waals surface area contributed by atoms with Crippen molar-refractivity contribution in [2.24, 2.45) is 5.73 Å². The molecule has 1 heterocycles. The fourth-order valence-electron chi connectivity index (χ4n) is 3.68. The van der Waals surface area contributed by atoms with Gasteiger partial charge in [0.25, 0.3) is 5.91 Å². The van der Waals surface area contributed by atoms with E-state index in [4.69, 9.17) is 5.73 Å². The van der Waals surface area contributed by atoms with Gasteiger partial charge in [-0.25, -0.2) is 0 Å². The van der Waals surface area contributed by atoms with Crippen LogP contribution >= 0.6 is 0 Å². The lowest BCUT2D eigenvalue weighted by atomic mass is 9.97. The maximum atomic E-state index is 12.7. The summed E-state index contributed by atoms with van der Waals surface area (Å²) in [7, 11) is 0. The maximum Gasteiger partial charge on any atom is 0.573 e. The highest BCUT2D eigenvalue weighted by Gasteiger charge is 2.31. The van der Waals surface area contributed by atoms with Gasteiger partial charge in [-0.1, -0.05) is 45.2 Å². The molecule has 0 unspecified atom stereocenters. The Hall–Kier alpha value is -2.44. The molecule has 29 heavy (non-hydrogen) atoms. The largest absolute Gasteiger partial charge is 0.573 e. The summed E-state index contributed by atoms with van der Waals surface area (Å²) < 4.78 is 44.2. The molecule has 0 atom stereocenters. The molecule has 1 aromatic carbocycles. The fourth-order valence-corrected chi connectivity index (χ4v) is 3.68. The molecule has 7 heteroatoms. The lowest BCUT2D eigenvalue weighted by molar-refractivity contribution is -0.274. The lowest BCUT2D eigenvalue weighted by Gasteiger charge is -2.14. The molecular weight excluding hydrogens is 381 g/mol. The number of halogens is 3. The summed E-state index contributed by atoms with van der Waals surface area (Å²) in [5.74, 6) is -0.893. The Morgan fingerprint density at radius 3 is 2.41 bits per heavy atom. The minimum Gasteiger partial charge on any atom is -0.406 e. The zero-order chi connectivity index (χ0) is 21.6. The number of carbonyl (C=O) groups excluding carboxylic acids is 1. The second kappa shape index (κ2) is 9.85. The van der Waals surface area contributed by atoms with Gasteiger partial charge in [-0.2, -0.15) is 0 Å². The molecule has 0 aliphatic carbocycles. The normalized spacial score (nSPS) is 11.7. The summed E-state index contributed by atoms with van der Waals surface area (Å²) in [6, 6.07) is 5.76. The standard InChI is InChI=1S/C22H29F3N2O2/c1-4-6-8-12-18-20(16-10-9-11-17(14-16)29-22(23,24)25)19(21(26)28)15(3)27(18)13-7-5-2/h9-11,14H,4-8,12-13H2,1-3H3,(H2,26,28). The number of hydrogen-bond acceptors (Lipinski definition) is 2. The van der Waals surface area contributed by atoms with Gasteiger partial charge in [0.2, 0.25) is 0 Å². The monoisotopic (exact) mass is 410 g/mol. The van der Waals surface area contributed by atoms with Gasteiger partial charge in [-0.15, -0.1) is 13.2 Å². The second-order valence-electron chi connectivity index (χ2n) is 7.18. The van der Waals surface area contributed by atoms with Gasteiger partial charge >= 0.3 is 6.36 Å². The van der Waals surface area contributed by atoms with Crippen LogP contribution in [0.5, 0.6) is 5.75 Å². The highest BCUT2D eigenvalue weighted by molar-refractivity contribution is 6.02. The number of hydrogen-bond donors (Lipinski definition) is 1. The van der Waals surface area contributed by atoms with Crippen LogP contribution in [0, 0.1) is 6.92 Å². The maximum absolute atomic E-state index is 12.7. The van der Waals surface area contributed by atoms with Gasteiger partial charge in [-0.05, 0) is 43.9 Å². The van der Waals surface area contributed by atoms with Crippen LogP contribution in [0.2, 0.25) is 0 Å². The van der Waals surface area contributed by atoms with Crippen LogP contribution in [0.25, 0.3) is 11.1 Å². The predicted molar refractivity (Wildman–Crippen MR) is 108 cm³/mol. The van der Waals surface area contributed by atoms with Crippen molar-refractivity contribution in [1.29, 1.82) is 0 Å². The molecule has 0 aliphatic heterocycles. The number of nitrogens with zero attached hydrogens (tertiary/aromatic N) is 1. The molecule has 2 rings (SSSR count). The summed E-state index contributed by atoms with van der Waals surface area (Å²) in [4.78, 5) is 12.3. The number of nitrogens with two attached hydrogens (primary N) is 1. The molecule has 2 N–H and O–H groups in total. The smallest absolute Gasteiger partial charge is 0.406 e. The van der Waals surface area contributed by atoms with Crippen molar-refractivity contribution in [1.82, 2.24) is 4.57 Å². The van der Waals surface area contributed by atoms with E-state index in [0.717, 1.165) is 56.5 Å². The molecule has 0 aliphatic rings. The molecule has 160 valence electrons. The molecule has 0 fully saturated rings. The predicted octanol–water partition coefficient (Wildman–Crippen LogP) is 5.99. The Morgan fingerprint density at radius 2 is 1.83 bits per heavy atom. The first-order valence-corrected chi connectivity index (χ1v) is 10.1. The number of alkyl halides is 3. The van der Waals surface area contributed by atoms with E-state index >= 15 is 0 Å². The number of carbonyl (C=O) groups is 1. The topological polar surface area (TPSA) is 57.2 Å². The van der Waals surface area contributed by atoms with Crippen LogP contribution in [0.4, 0.5) is 13.2 Å². The van der Waals surface area contributed by atoms with Crippen molar-refractivity contribution >= 4 is 5.91 Å². The minimum absolute atomic E-state index is 0.316. The summed E-state index contributed by atoms with van der Waals surface area (Å²) in [5.41, 5.74) is 8.90. The van der Waals surface area contributed by atoms with Gasteiger partial charge in [0.1, 0.15) is 5.75 Å². The molecule has 0 bridgehead atoms. The first-order chi connectivity index (χ1) is 13.7. The molecule has 0 saturated heterocycles. The number of aromatic nitrogens is 1. The number of ether oxygens (including phenoxy) is 1. The summed E-state index contributed by atoms with van der Waals surface area (Å²) in [6.45, 7) is 6.78. The molecule has 4 nitrogen and oxygen atoms in total. The molecule has 0 spiro atoms. The molecule has 1 amide bonds. The average molecular weight is 410 g/mol. The highest BCUT2D eigenvalue weighted by atomic mass is 19.4. The second-order valence-corrected chi connectivity index (χ2v) is 7.18. The number of amides is 1. The Kier molecular flexibility index (Phi) is 7.76. The van der Waals surface area contributed by atoms with Gasteiger partial charge in [0, 0.05) is 23.5 Å². The van der Waals surface area contributed by atoms with Gasteiger partial charge in [0.15, 0.2) is 0 Å². The van der Waals surface area contributed by atoms with E-state index in [1.54, 1.807) is 6.07 Å². The fraction of sp³-hybridized carbons (Fsp3) is 0.500. The Balaban J connectivity index is 2.64. The summed E-state index contributed by atoms with van der Waals surface area (Å²) in [6.07, 6.45) is 0.870. The molecule has 0 radical (unpaired) electrons. The van der Waals surface area contributed by atoms with Crippen molar-refractivity contribution in [3.05, 3.63) is 41.2 Å². The third kappa shape index (κ3) is 5.78. The third-order valence-corrected chi connectivity index (χ3v) is 4.99. The Morgan fingerprint density at radius 1 is 1.14 bits per heavy atom. The number of unbranched alkanes of at least 4 members (excludes halogenated alkanes) is 3. The quantitative estimate of drug-likeness (QED) is 0.489. The van der Waals surface area contributed by atoms with E-state index in [9.17, 15) is 18.0 Å². The first kappa shape index (κ1) is 22.8. The Bertz CT molecular complexity index is 841. The van der Waals surface area contributed by atoms with Gasteiger partial charge in [-0.3, -0.25) is 4.79 Å². The highest BCUT2D eigenvalue weighted by Crippen LogP contribution is 2.36. The van der Waals surface area contributed by atoms with Gasteiger partial charge < -0.3 is 15.0 Å². The molecule has 1 aromatic heterocycles. The van der Waals surface area contributed by atoms with Crippen LogP contribution in [0.1, 0.15) is 67.7 Å². The number of rotatable bonds is 10. The molecular formula is C22H29F3N2O2. The molecule has 0 saturated carbocycles. The van der Waals surface area contributed by atoms with E-state index < -0.39 is 12.3 Å². The Labute approximate surface area is 169 Å². The summed E-state index contributed by atoms with van der Waals surface area (Å²) >= 11 is 0. The van der Waals surface area contributed by atoms with Crippen molar-refractivity contribution in [2.45, 2.75) is 72.2 Å². The SMILES string of the molecule is CCCCCc1c(-c2cccc(OC(F)(F)F)c2)c(C(N)=O)c(C)n1CCCC. The van der Waals surface area contributed by atoms with Crippen LogP contribution in [-0.2, 0) is 13.0 Å². The van der Waals surface area contributed by atoms with E-state index in [1.165, 1.54) is 18.2 Å². The summed E-state index contributed by atoms with van der Waals surface area (Å²) in [5, 5.41) is 0. The van der Waals surface area contributed by atoms with Crippen molar-refractivity contribution in [3.8, 4) is 16.9 Å². The van der Waals surface area contributed by atoms with Gasteiger partial charge in [0.05, 0.1) is 5.56 Å². The van der Waals surface area contributed by atoms with Crippen LogP contribution in [0.3, 0.4) is 0 Å². The van der Waals surface area contributed by atoms with Crippen LogP contribution in [-0.4, -0.2) is 16.8 Å². The van der Waals surface area contributed by atoms with E-state index in [2.05, 4.69) is 23.2 Å². The third-order valence-electron chi connectivity index (χ3n) is 4.99. The number of benzene rings is 1. The van der Waals surface area contributed by atoms with E-state index in [0.29, 0.717) is 16.7 Å². The minimum atomic E-state index is -4.78. The van der Waals surface area contributed by atoms with E-state index in [-0.39, 0.29) is 5.75 Å².